The molecule has 0 aliphatic carbocycles. The van der Waals surface area contributed by atoms with Gasteiger partial charge in [0.2, 0.25) is 5.88 Å². The molecule has 2 aromatic rings. The summed E-state index contributed by atoms with van der Waals surface area (Å²) in [5.41, 5.74) is 3.77. The topological polar surface area (TPSA) is 68.6 Å². The highest BCUT2D eigenvalue weighted by molar-refractivity contribution is 5.94. The summed E-state index contributed by atoms with van der Waals surface area (Å²) in [5.74, 6) is -0.520. The molecule has 0 saturated heterocycles. The minimum absolute atomic E-state index is 0.177. The average molecular weight is 310 g/mol. The van der Waals surface area contributed by atoms with Gasteiger partial charge in [-0.05, 0) is 36.6 Å². The second-order valence-electron chi connectivity index (χ2n) is 5.05. The Kier molecular flexibility index (Phi) is 5.74. The van der Waals surface area contributed by atoms with Crippen LogP contribution in [0.15, 0.2) is 53.8 Å². The lowest BCUT2D eigenvalue weighted by Crippen LogP contribution is -2.04. The maximum absolute atomic E-state index is 11.2. The van der Waals surface area contributed by atoms with Gasteiger partial charge < -0.3 is 4.74 Å². The van der Waals surface area contributed by atoms with Crippen molar-refractivity contribution in [2.45, 2.75) is 20.3 Å². The molecular weight excluding hydrogens is 292 g/mol. The predicted octanol–water partition coefficient (Wildman–Crippen LogP) is 4.03. The molecule has 0 atom stereocenters. The summed E-state index contributed by atoms with van der Waals surface area (Å²) < 4.78 is 5.53. The minimum atomic E-state index is -0.827. The van der Waals surface area contributed by atoms with Gasteiger partial charge in [0.1, 0.15) is 0 Å². The van der Waals surface area contributed by atoms with Crippen molar-refractivity contribution in [2.75, 3.05) is 6.61 Å². The molecule has 0 bridgehead atoms. The monoisotopic (exact) mass is 310 g/mol. The molecule has 0 spiro atoms. The van der Waals surface area contributed by atoms with Crippen molar-refractivity contribution in [3.63, 3.8) is 0 Å². The van der Waals surface area contributed by atoms with Crippen LogP contribution in [-0.2, 0) is 6.42 Å². The molecule has 5 heteroatoms. The van der Waals surface area contributed by atoms with Crippen molar-refractivity contribution in [1.29, 1.82) is 0 Å². The second-order valence-corrected chi connectivity index (χ2v) is 5.05. The van der Waals surface area contributed by atoms with Crippen LogP contribution in [0.5, 0.6) is 5.88 Å². The zero-order valence-corrected chi connectivity index (χ0v) is 13.2. The first-order valence-corrected chi connectivity index (χ1v) is 7.33. The van der Waals surface area contributed by atoms with E-state index in [1.165, 1.54) is 29.5 Å². The van der Waals surface area contributed by atoms with E-state index < -0.39 is 5.91 Å². The molecule has 1 amide bonds. The second kappa shape index (κ2) is 7.98. The Morgan fingerprint density at radius 2 is 1.96 bits per heavy atom. The molecule has 0 aliphatic rings. The van der Waals surface area contributed by atoms with Gasteiger partial charge in [-0.25, -0.2) is 4.98 Å². The Bertz CT molecular complexity index is 721. The maximum atomic E-state index is 11.2. The quantitative estimate of drug-likeness (QED) is 0.755. The standard InChI is InChI=1S/C18H18N2O3/c1-3-13(2)15-6-4-14(5-7-15)9-11-23-17-12-16(8-10-19-17)18(21)20-22/h3-8,10,12H,9,11H2,1-2H3/b13-3+. The van der Waals surface area contributed by atoms with E-state index in [1.54, 1.807) is 0 Å². The van der Waals surface area contributed by atoms with E-state index in [1.807, 2.05) is 6.92 Å². The van der Waals surface area contributed by atoms with Crippen molar-refractivity contribution >= 4 is 11.5 Å². The lowest BCUT2D eigenvalue weighted by molar-refractivity contribution is 0.1000. The Balaban J connectivity index is 1.92. The fourth-order valence-corrected chi connectivity index (χ4v) is 2.05. The fourth-order valence-electron chi connectivity index (χ4n) is 2.05. The van der Waals surface area contributed by atoms with Gasteiger partial charge in [-0.1, -0.05) is 30.3 Å². The normalized spacial score (nSPS) is 11.1. The first kappa shape index (κ1) is 16.5. The molecule has 1 aromatic carbocycles. The molecule has 2 rings (SSSR count). The number of nitroso groups, excluding NO2 is 1. The van der Waals surface area contributed by atoms with E-state index in [9.17, 15) is 9.70 Å². The predicted molar refractivity (Wildman–Crippen MR) is 89.3 cm³/mol. The number of hydrogen-bond donors (Lipinski definition) is 0. The third-order valence-electron chi connectivity index (χ3n) is 3.55. The Morgan fingerprint density at radius 1 is 1.22 bits per heavy atom. The van der Waals surface area contributed by atoms with Crippen LogP contribution in [0.4, 0.5) is 0 Å². The molecule has 1 aromatic heterocycles. The number of nitrogens with zero attached hydrogens (tertiary/aromatic N) is 2. The summed E-state index contributed by atoms with van der Waals surface area (Å²) in [6.45, 7) is 4.52. The van der Waals surface area contributed by atoms with Crippen molar-refractivity contribution in [1.82, 2.24) is 4.98 Å². The van der Waals surface area contributed by atoms with Crippen LogP contribution in [0, 0.1) is 4.91 Å². The number of allylic oxidation sites excluding steroid dienone is 2. The molecule has 5 nitrogen and oxygen atoms in total. The van der Waals surface area contributed by atoms with Crippen molar-refractivity contribution < 1.29 is 9.53 Å². The zero-order valence-electron chi connectivity index (χ0n) is 13.2. The molecule has 0 saturated carbocycles. The van der Waals surface area contributed by atoms with Crippen molar-refractivity contribution in [3.8, 4) is 5.88 Å². The number of carbonyl (C=O) groups excluding carboxylic acids is 1. The molecule has 118 valence electrons. The molecular formula is C18H18N2O3. The zero-order chi connectivity index (χ0) is 16.7. The number of ether oxygens (including phenoxy) is 1. The van der Waals surface area contributed by atoms with Gasteiger partial charge in [0, 0.05) is 23.9 Å². The molecule has 0 radical (unpaired) electrons. The van der Waals surface area contributed by atoms with Crippen LogP contribution in [0.25, 0.3) is 5.57 Å². The molecule has 0 aliphatic heterocycles. The Labute approximate surface area is 135 Å². The molecule has 0 N–H and O–H groups in total. The van der Waals surface area contributed by atoms with Crippen LogP contribution in [0.3, 0.4) is 0 Å². The van der Waals surface area contributed by atoms with E-state index >= 15 is 0 Å². The summed E-state index contributed by atoms with van der Waals surface area (Å²) in [7, 11) is 0. The van der Waals surface area contributed by atoms with Crippen LogP contribution in [0.1, 0.15) is 35.3 Å². The Hall–Kier alpha value is -2.82. The summed E-state index contributed by atoms with van der Waals surface area (Å²) in [6.07, 6.45) is 4.22. The summed E-state index contributed by atoms with van der Waals surface area (Å²) in [6, 6.07) is 11.1. The molecule has 1 heterocycles. The SMILES string of the molecule is C/C=C(\C)c1ccc(CCOc2cc(C(=O)N=O)ccn2)cc1. The maximum Gasteiger partial charge on any atom is 0.317 e. The third kappa shape index (κ3) is 4.57. The first-order valence-electron chi connectivity index (χ1n) is 7.33. The minimum Gasteiger partial charge on any atom is -0.477 e. The van der Waals surface area contributed by atoms with E-state index in [2.05, 4.69) is 47.4 Å². The number of benzene rings is 1. The highest BCUT2D eigenvalue weighted by Gasteiger charge is 2.07. The molecule has 0 fully saturated rings. The highest BCUT2D eigenvalue weighted by atomic mass is 16.5. The van der Waals surface area contributed by atoms with Gasteiger partial charge in [-0.2, -0.15) is 0 Å². The van der Waals surface area contributed by atoms with Gasteiger partial charge in [-0.3, -0.25) is 4.79 Å². The Morgan fingerprint density at radius 3 is 2.61 bits per heavy atom. The smallest absolute Gasteiger partial charge is 0.317 e. The van der Waals surface area contributed by atoms with Crippen LogP contribution in [-0.4, -0.2) is 17.5 Å². The van der Waals surface area contributed by atoms with Gasteiger partial charge in [0.25, 0.3) is 0 Å². The molecule has 23 heavy (non-hydrogen) atoms. The van der Waals surface area contributed by atoms with Crippen LogP contribution < -0.4 is 4.74 Å². The van der Waals surface area contributed by atoms with E-state index in [0.717, 1.165) is 12.0 Å². The number of pyridine rings is 1. The van der Waals surface area contributed by atoms with Gasteiger partial charge in [0.15, 0.2) is 0 Å². The number of amides is 1. The van der Waals surface area contributed by atoms with E-state index in [4.69, 9.17) is 4.74 Å². The number of aromatic nitrogens is 1. The largest absolute Gasteiger partial charge is 0.477 e. The average Bonchev–Trinajstić information content (AvgIpc) is 2.61. The van der Waals surface area contributed by atoms with Crippen molar-refractivity contribution in [3.05, 3.63) is 70.3 Å². The van der Waals surface area contributed by atoms with Gasteiger partial charge in [-0.15, -0.1) is 4.91 Å². The lowest BCUT2D eigenvalue weighted by atomic mass is 10.0. The first-order chi connectivity index (χ1) is 11.1. The summed E-state index contributed by atoms with van der Waals surface area (Å²) in [4.78, 5) is 25.5. The van der Waals surface area contributed by atoms with E-state index in [-0.39, 0.29) is 5.56 Å². The third-order valence-corrected chi connectivity index (χ3v) is 3.55. The lowest BCUT2D eigenvalue weighted by Gasteiger charge is -2.07. The summed E-state index contributed by atoms with van der Waals surface area (Å²) >= 11 is 0. The fraction of sp³-hybridized carbons (Fsp3) is 0.222. The number of carbonyl (C=O) groups is 1. The number of rotatable bonds is 6. The summed E-state index contributed by atoms with van der Waals surface area (Å²) in [5, 5.41) is 2.38. The van der Waals surface area contributed by atoms with Crippen molar-refractivity contribution in [2.24, 2.45) is 5.18 Å². The van der Waals surface area contributed by atoms with Gasteiger partial charge in [0.05, 0.1) is 12.2 Å². The number of hydrogen-bond acceptors (Lipinski definition) is 4. The van der Waals surface area contributed by atoms with Crippen LogP contribution >= 0.6 is 0 Å². The van der Waals surface area contributed by atoms with Gasteiger partial charge >= 0.3 is 5.91 Å². The van der Waals surface area contributed by atoms with E-state index in [0.29, 0.717) is 12.5 Å². The van der Waals surface area contributed by atoms with Crippen LogP contribution in [0.2, 0.25) is 0 Å². The highest BCUT2D eigenvalue weighted by Crippen LogP contribution is 2.15. The molecule has 0 unspecified atom stereocenters.